The van der Waals surface area contributed by atoms with Crippen LogP contribution in [0, 0.1) is 29.6 Å². The van der Waals surface area contributed by atoms with Gasteiger partial charge in [-0.25, -0.2) is 0 Å². The van der Waals surface area contributed by atoms with Crippen LogP contribution >= 0.6 is 0 Å². The van der Waals surface area contributed by atoms with Crippen LogP contribution in [0.15, 0.2) is 12.2 Å². The molecule has 0 aromatic heterocycles. The molecule has 5 atom stereocenters. The Labute approximate surface area is 72.8 Å². The lowest BCUT2D eigenvalue weighted by Gasteiger charge is -2.43. The van der Waals surface area contributed by atoms with Crippen LogP contribution in [0.25, 0.3) is 0 Å². The molecule has 0 heterocycles. The highest BCUT2D eigenvalue weighted by Gasteiger charge is 2.60. The fourth-order valence-corrected chi connectivity index (χ4v) is 3.60. The summed E-state index contributed by atoms with van der Waals surface area (Å²) in [6.45, 7) is 2.15. The van der Waals surface area contributed by atoms with E-state index in [0.29, 0.717) is 23.5 Å². The summed E-state index contributed by atoms with van der Waals surface area (Å²) in [5.74, 6) is 3.59. The van der Waals surface area contributed by atoms with Gasteiger partial charge in [0.2, 0.25) is 0 Å². The van der Waals surface area contributed by atoms with E-state index in [1.165, 1.54) is 6.42 Å². The Bertz CT molecular complexity index is 266. The first kappa shape index (κ1) is 6.88. The molecule has 3 aliphatic rings. The molecule has 2 saturated carbocycles. The quantitative estimate of drug-likeness (QED) is 0.539. The van der Waals surface area contributed by atoms with Gasteiger partial charge in [0.15, 0.2) is 0 Å². The van der Waals surface area contributed by atoms with Gasteiger partial charge in [-0.1, -0.05) is 19.1 Å². The number of carbonyl (C=O) groups is 1. The largest absolute Gasteiger partial charge is 0.299 e. The van der Waals surface area contributed by atoms with Crippen LogP contribution in [0.4, 0.5) is 0 Å². The molecular formula is C11H14O. The number of ketones is 1. The fraction of sp³-hybridized carbons (Fsp3) is 0.727. The molecular weight excluding hydrogens is 148 g/mol. The number of hydrogen-bond acceptors (Lipinski definition) is 1. The Hall–Kier alpha value is -0.590. The topological polar surface area (TPSA) is 17.1 Å². The van der Waals surface area contributed by atoms with Crippen molar-refractivity contribution in [2.45, 2.75) is 19.8 Å². The average molecular weight is 162 g/mol. The minimum Gasteiger partial charge on any atom is -0.299 e. The zero-order chi connectivity index (χ0) is 8.29. The zero-order valence-electron chi connectivity index (χ0n) is 7.36. The molecule has 0 spiro atoms. The van der Waals surface area contributed by atoms with Crippen LogP contribution in [0.1, 0.15) is 19.8 Å². The van der Waals surface area contributed by atoms with E-state index in [2.05, 4.69) is 19.1 Å². The Morgan fingerprint density at radius 2 is 2.17 bits per heavy atom. The molecule has 3 aliphatic carbocycles. The van der Waals surface area contributed by atoms with Crippen LogP contribution in [-0.2, 0) is 4.79 Å². The van der Waals surface area contributed by atoms with E-state index in [1.54, 1.807) is 0 Å². The van der Waals surface area contributed by atoms with Gasteiger partial charge in [0.1, 0.15) is 5.78 Å². The highest BCUT2D eigenvalue weighted by atomic mass is 16.1. The van der Waals surface area contributed by atoms with Crippen molar-refractivity contribution in [3.63, 3.8) is 0 Å². The Kier molecular flexibility index (Phi) is 1.15. The molecule has 0 saturated heterocycles. The van der Waals surface area contributed by atoms with Gasteiger partial charge in [0.05, 0.1) is 0 Å². The predicted molar refractivity (Wildman–Crippen MR) is 46.5 cm³/mol. The van der Waals surface area contributed by atoms with Gasteiger partial charge in [0, 0.05) is 11.8 Å². The summed E-state index contributed by atoms with van der Waals surface area (Å²) < 4.78 is 0. The van der Waals surface area contributed by atoms with Crippen molar-refractivity contribution in [1.82, 2.24) is 0 Å². The number of hydrogen-bond donors (Lipinski definition) is 0. The molecule has 2 bridgehead atoms. The molecule has 0 aromatic carbocycles. The highest BCUT2D eigenvalue weighted by Crippen LogP contribution is 2.59. The van der Waals surface area contributed by atoms with E-state index in [1.807, 2.05) is 0 Å². The summed E-state index contributed by atoms with van der Waals surface area (Å²) in [5, 5.41) is 0. The van der Waals surface area contributed by atoms with Crippen molar-refractivity contribution < 1.29 is 4.79 Å². The number of carbonyl (C=O) groups excluding carboxylic acids is 1. The van der Waals surface area contributed by atoms with Crippen LogP contribution in [0.5, 0.6) is 0 Å². The van der Waals surface area contributed by atoms with Crippen molar-refractivity contribution in [2.75, 3.05) is 0 Å². The molecule has 5 unspecified atom stereocenters. The molecule has 3 rings (SSSR count). The summed E-state index contributed by atoms with van der Waals surface area (Å²) >= 11 is 0. The minimum absolute atomic E-state index is 0.426. The summed E-state index contributed by atoms with van der Waals surface area (Å²) in [7, 11) is 0. The van der Waals surface area contributed by atoms with Gasteiger partial charge >= 0.3 is 0 Å². The third kappa shape index (κ3) is 0.562. The second-order valence-corrected chi connectivity index (χ2v) is 4.47. The van der Waals surface area contributed by atoms with Gasteiger partial charge in [-0.2, -0.15) is 0 Å². The summed E-state index contributed by atoms with van der Waals surface area (Å²) in [5.41, 5.74) is 0. The Morgan fingerprint density at radius 1 is 1.42 bits per heavy atom. The lowest BCUT2D eigenvalue weighted by atomic mass is 9.58. The van der Waals surface area contributed by atoms with Gasteiger partial charge < -0.3 is 0 Å². The van der Waals surface area contributed by atoms with Gasteiger partial charge in [0.25, 0.3) is 0 Å². The number of fused-ring (bicyclic) bond motifs is 5. The van der Waals surface area contributed by atoms with E-state index < -0.39 is 0 Å². The number of allylic oxidation sites excluding steroid dienone is 2. The lowest BCUT2D eigenvalue weighted by molar-refractivity contribution is -0.143. The van der Waals surface area contributed by atoms with Crippen molar-refractivity contribution >= 4 is 5.78 Å². The molecule has 64 valence electrons. The van der Waals surface area contributed by atoms with Crippen LogP contribution in [0.3, 0.4) is 0 Å². The first-order valence-corrected chi connectivity index (χ1v) is 5.05. The minimum atomic E-state index is 0.426. The summed E-state index contributed by atoms with van der Waals surface area (Å²) in [6.07, 6.45) is 6.96. The first-order chi connectivity index (χ1) is 5.83. The van der Waals surface area contributed by atoms with Crippen molar-refractivity contribution in [3.8, 4) is 0 Å². The van der Waals surface area contributed by atoms with E-state index in [0.717, 1.165) is 18.3 Å². The van der Waals surface area contributed by atoms with E-state index in [-0.39, 0.29) is 0 Å². The number of Topliss-reactive ketones (excluding diaryl/α,β-unsaturated/α-hetero) is 1. The van der Waals surface area contributed by atoms with Gasteiger partial charge in [-0.05, 0) is 30.6 Å². The van der Waals surface area contributed by atoms with E-state index in [4.69, 9.17) is 0 Å². The van der Waals surface area contributed by atoms with Crippen molar-refractivity contribution in [1.29, 1.82) is 0 Å². The highest BCUT2D eigenvalue weighted by molar-refractivity contribution is 5.91. The molecule has 2 fully saturated rings. The molecule has 0 aliphatic heterocycles. The fourth-order valence-electron chi connectivity index (χ4n) is 3.60. The maximum absolute atomic E-state index is 11.6. The smallest absolute Gasteiger partial charge is 0.140 e. The molecule has 1 nitrogen and oxygen atoms in total. The molecule has 0 radical (unpaired) electrons. The average Bonchev–Trinajstić information content (AvgIpc) is 2.60. The standard InChI is InChI=1S/C11H14O/c1-2-8-9-6-3-4-7(5-6)10(9)11(8)12/h3-4,6-10H,2,5H2,1H3. The third-order valence-corrected chi connectivity index (χ3v) is 4.12. The molecule has 0 amide bonds. The van der Waals surface area contributed by atoms with Gasteiger partial charge in [-0.3, -0.25) is 4.79 Å². The SMILES string of the molecule is CCC1C(=O)C2C3C=CC(C3)C12. The molecule has 1 heteroatoms. The van der Waals surface area contributed by atoms with Crippen LogP contribution < -0.4 is 0 Å². The predicted octanol–water partition coefficient (Wildman–Crippen LogP) is 2.03. The summed E-state index contributed by atoms with van der Waals surface area (Å²) in [4.78, 5) is 11.6. The maximum atomic E-state index is 11.6. The Morgan fingerprint density at radius 3 is 2.92 bits per heavy atom. The van der Waals surface area contributed by atoms with E-state index in [9.17, 15) is 4.79 Å². The van der Waals surface area contributed by atoms with Crippen LogP contribution in [0.2, 0.25) is 0 Å². The molecule has 12 heavy (non-hydrogen) atoms. The Balaban J connectivity index is 1.94. The normalized spacial score (nSPS) is 54.1. The maximum Gasteiger partial charge on any atom is 0.140 e. The second-order valence-electron chi connectivity index (χ2n) is 4.47. The number of rotatable bonds is 1. The van der Waals surface area contributed by atoms with Crippen molar-refractivity contribution in [2.24, 2.45) is 29.6 Å². The van der Waals surface area contributed by atoms with Crippen molar-refractivity contribution in [3.05, 3.63) is 12.2 Å². The zero-order valence-corrected chi connectivity index (χ0v) is 7.36. The molecule has 0 N–H and O–H groups in total. The first-order valence-electron chi connectivity index (χ1n) is 5.05. The molecule has 0 aromatic rings. The lowest BCUT2D eigenvalue weighted by Crippen LogP contribution is -2.49. The second kappa shape index (κ2) is 2.01. The third-order valence-electron chi connectivity index (χ3n) is 4.12. The summed E-state index contributed by atoms with van der Waals surface area (Å²) in [6, 6.07) is 0. The van der Waals surface area contributed by atoms with E-state index >= 15 is 0 Å². The van der Waals surface area contributed by atoms with Crippen LogP contribution in [-0.4, -0.2) is 5.78 Å². The van der Waals surface area contributed by atoms with Gasteiger partial charge in [-0.15, -0.1) is 0 Å². The monoisotopic (exact) mass is 162 g/mol.